The van der Waals surface area contributed by atoms with Gasteiger partial charge in [0.2, 0.25) is 11.8 Å². The number of amides is 6. The third-order valence-corrected chi connectivity index (χ3v) is 23.5. The first kappa shape index (κ1) is 96.2. The third-order valence-electron chi connectivity index (χ3n) is 20.9. The molecular weight excluding hydrogens is 1810 g/mol. The quantitative estimate of drug-likeness (QED) is 0.0196. The number of benzene rings is 8. The summed E-state index contributed by atoms with van der Waals surface area (Å²) in [6, 6.07) is 52.9. The first-order chi connectivity index (χ1) is 65.5. The number of thiophene rings is 2. The average Bonchev–Trinajstić information content (AvgIpc) is 1.55. The summed E-state index contributed by atoms with van der Waals surface area (Å²) in [5.41, 5.74) is 7.25. The van der Waals surface area contributed by atoms with E-state index in [1.807, 2.05) is 56.4 Å². The van der Waals surface area contributed by atoms with E-state index in [1.165, 1.54) is 103 Å². The Balaban J connectivity index is 0.000000163. The van der Waals surface area contributed by atoms with Crippen LogP contribution in [0.4, 0.5) is 57.8 Å². The van der Waals surface area contributed by atoms with E-state index >= 15 is 8.78 Å². The van der Waals surface area contributed by atoms with E-state index in [0.717, 1.165) is 77.1 Å². The molecule has 16 aromatic rings. The van der Waals surface area contributed by atoms with Crippen molar-refractivity contribution in [1.82, 2.24) is 88.7 Å². The predicted octanol–water partition coefficient (Wildman–Crippen LogP) is 12.5. The molecule has 16 rings (SSSR count). The summed E-state index contributed by atoms with van der Waals surface area (Å²) in [5, 5.41) is 28.7. The molecule has 0 aliphatic rings. The Morgan fingerprint density at radius 2 is 0.735 bits per heavy atom. The molecule has 43 heteroatoms. The van der Waals surface area contributed by atoms with Crippen LogP contribution in [-0.2, 0) is 60.3 Å². The minimum absolute atomic E-state index is 0.0225. The molecule has 0 aliphatic heterocycles. The molecule has 8 heterocycles. The lowest BCUT2D eigenvalue weighted by atomic mass is 10.1. The summed E-state index contributed by atoms with van der Waals surface area (Å²) in [6.07, 6.45) is 0. The average molecular weight is 1900 g/mol. The standard InChI is InChI=1S/C36H31F2N5O4S.C29H27F2N7O5S.C28H27F2N9O5/c1-41(20-23-10-5-3-6-11-23)21-28-31-33(44)43(26-12-7-4-8-13-26)36(46)42(22-27-29(37)14-9-15-30(27)38)34(31)48-32(28)24-16-18-25(19-17-24)39-35(45)40-47-2;1-36(2)14-19-24-26(39)38(22-12-13-23(42-3)34-33-22)29(41)37(15-18-20(30)6-5-7-21(18)31)27(24)44-25(19)16-8-10-17(11-9-16)32-28(40)35-43-4;1-36(2)15-21-24-25(34-39(21)17-10-8-16(9-11-17)31-27(41)35-44-4)37(14-18-19(29)6-5-7-20(18)30)28(42)38(26(24)40)22-12-13-23(43-3)33-32-22/h3-19H,20-22H2,1-2H3,(H2,39,40,45);5-13H,14-15H2,1-4H3,(H2,32,35,40);5-13H,14-15H2,1-4H3,(H2,31,35,41). The highest BCUT2D eigenvalue weighted by molar-refractivity contribution is 7.22. The van der Waals surface area contributed by atoms with Crippen molar-refractivity contribution in [3.8, 4) is 55.7 Å². The Morgan fingerprint density at radius 1 is 0.368 bits per heavy atom. The van der Waals surface area contributed by atoms with Crippen LogP contribution in [-0.4, -0.2) is 161 Å². The number of hydroxylamine groups is 3. The lowest BCUT2D eigenvalue weighted by Gasteiger charge is -2.18. The number of rotatable bonds is 28. The van der Waals surface area contributed by atoms with Crippen LogP contribution in [0.5, 0.6) is 11.8 Å². The predicted molar refractivity (Wildman–Crippen MR) is 500 cm³/mol. The molecule has 700 valence electrons. The van der Waals surface area contributed by atoms with Crippen LogP contribution in [0.3, 0.4) is 0 Å². The number of aromatic nitrogens is 12. The van der Waals surface area contributed by atoms with Gasteiger partial charge >= 0.3 is 35.2 Å². The van der Waals surface area contributed by atoms with Gasteiger partial charge in [0.15, 0.2) is 17.3 Å². The molecule has 0 unspecified atom stereocenters. The molecule has 0 saturated carbocycles. The normalized spacial score (nSPS) is 11.3. The molecule has 8 aromatic heterocycles. The van der Waals surface area contributed by atoms with Crippen molar-refractivity contribution in [2.24, 2.45) is 0 Å². The molecule has 6 amide bonds. The van der Waals surface area contributed by atoms with Gasteiger partial charge in [-0.05, 0) is 172 Å². The second-order valence-corrected chi connectivity index (χ2v) is 32.7. The fourth-order valence-corrected chi connectivity index (χ4v) is 17.4. The van der Waals surface area contributed by atoms with Crippen molar-refractivity contribution >= 4 is 89.3 Å². The highest BCUT2D eigenvalue weighted by atomic mass is 32.1. The van der Waals surface area contributed by atoms with Gasteiger partial charge in [-0.1, -0.05) is 91.0 Å². The molecule has 8 aromatic carbocycles. The topological polar surface area (TPSA) is 381 Å². The summed E-state index contributed by atoms with van der Waals surface area (Å²) < 4.78 is 107. The van der Waals surface area contributed by atoms with E-state index < -0.39 is 112 Å². The summed E-state index contributed by atoms with van der Waals surface area (Å²) in [5.74, 6) is -4.91. The van der Waals surface area contributed by atoms with E-state index in [0.29, 0.717) is 85.0 Å². The number of carbonyl (C=O) groups is 3. The number of urea groups is 3. The van der Waals surface area contributed by atoms with Crippen molar-refractivity contribution < 1.29 is 64.7 Å². The van der Waals surface area contributed by atoms with Gasteiger partial charge in [-0.15, -0.1) is 48.2 Å². The van der Waals surface area contributed by atoms with Gasteiger partial charge in [-0.25, -0.2) is 89.9 Å². The molecule has 0 atom stereocenters. The summed E-state index contributed by atoms with van der Waals surface area (Å²) >= 11 is 2.35. The minimum atomic E-state index is -0.936. The van der Waals surface area contributed by atoms with E-state index in [4.69, 9.17) is 9.47 Å². The summed E-state index contributed by atoms with van der Waals surface area (Å²) in [7, 11) is 15.9. The van der Waals surface area contributed by atoms with E-state index in [9.17, 15) is 60.7 Å². The lowest BCUT2D eigenvalue weighted by molar-refractivity contribution is 0.114. The number of para-hydroxylation sites is 1. The number of carbonyl (C=O) groups excluding carboxylic acids is 3. The van der Waals surface area contributed by atoms with Crippen molar-refractivity contribution in [2.75, 3.05) is 86.7 Å². The molecule has 0 aliphatic carbocycles. The molecule has 6 N–H and O–H groups in total. The van der Waals surface area contributed by atoms with E-state index in [-0.39, 0.29) is 67.7 Å². The van der Waals surface area contributed by atoms with Crippen LogP contribution in [0.25, 0.3) is 75.4 Å². The van der Waals surface area contributed by atoms with Gasteiger partial charge in [0.25, 0.3) is 16.7 Å². The molecule has 0 radical (unpaired) electrons. The number of fused-ring (bicyclic) bond motifs is 3. The summed E-state index contributed by atoms with van der Waals surface area (Å²) in [4.78, 5) is 142. The molecule has 0 saturated heterocycles. The van der Waals surface area contributed by atoms with Gasteiger partial charge < -0.3 is 35.2 Å². The number of hydrogen-bond donors (Lipinski definition) is 6. The number of ether oxygens (including phenoxy) is 2. The van der Waals surface area contributed by atoms with E-state index in [1.54, 1.807) is 122 Å². The molecule has 0 spiro atoms. The van der Waals surface area contributed by atoms with Gasteiger partial charge in [0.05, 0.1) is 83.0 Å². The van der Waals surface area contributed by atoms with Crippen molar-refractivity contribution in [3.63, 3.8) is 0 Å². The highest BCUT2D eigenvalue weighted by Crippen LogP contribution is 2.41. The zero-order chi connectivity index (χ0) is 96.9. The number of anilines is 3. The van der Waals surface area contributed by atoms with Gasteiger partial charge in [0, 0.05) is 81.8 Å². The van der Waals surface area contributed by atoms with Crippen molar-refractivity contribution in [3.05, 3.63) is 349 Å². The maximum absolute atomic E-state index is 15.0. The molecule has 136 heavy (non-hydrogen) atoms. The number of nitrogens with zero attached hydrogens (tertiary/aromatic N) is 15. The summed E-state index contributed by atoms with van der Waals surface area (Å²) in [6.45, 7) is -0.134. The number of halogens is 6. The third kappa shape index (κ3) is 21.1. The smallest absolute Gasteiger partial charge is 0.343 e. The van der Waals surface area contributed by atoms with Gasteiger partial charge in [-0.2, -0.15) is 0 Å². The lowest BCUT2D eigenvalue weighted by Crippen LogP contribution is -2.40. The van der Waals surface area contributed by atoms with Crippen LogP contribution in [0.15, 0.2) is 241 Å². The van der Waals surface area contributed by atoms with Gasteiger partial charge in [-0.3, -0.25) is 47.5 Å². The van der Waals surface area contributed by atoms with E-state index in [2.05, 4.69) is 77.3 Å². The monoisotopic (exact) mass is 1900 g/mol. The second-order valence-electron chi connectivity index (χ2n) is 30.7. The SMILES string of the molecule is CONC(=O)Nc1ccc(-c2sc3c(c2CN(C)C)c(=O)n(-c2ccc(OC)nn2)c(=O)n3Cc2c(F)cccc2F)cc1.CONC(=O)Nc1ccc(-c2sc3c(c2CN(C)Cc2ccccc2)c(=O)n(-c2ccccc2)c(=O)n3Cc2c(F)cccc2F)cc1.CONC(=O)Nc1ccc(-n2nc3c(c2CN(C)C)c(=O)n(-c2ccc(OC)nn2)c(=O)n3Cc2c(F)cccc2F)cc1. The Bertz CT molecular complexity index is 7170. The first-order valence-electron chi connectivity index (χ1n) is 41.1. The molecule has 35 nitrogen and oxygen atoms in total. The zero-order valence-electron chi connectivity index (χ0n) is 74.2. The molecule has 0 fully saturated rings. The van der Waals surface area contributed by atoms with Crippen molar-refractivity contribution in [2.45, 2.75) is 45.8 Å². The minimum Gasteiger partial charge on any atom is -0.480 e. The maximum atomic E-state index is 15.0. The first-order valence-corrected chi connectivity index (χ1v) is 42.8. The Kier molecular flexibility index (Phi) is 30.2. The fraction of sp³-hybridized carbons (Fsp3) is 0.183. The maximum Gasteiger partial charge on any atom is 0.343 e. The fourth-order valence-electron chi connectivity index (χ4n) is 14.8. The van der Waals surface area contributed by atoms with Crippen LogP contribution < -0.4 is 75.6 Å². The Morgan fingerprint density at radius 3 is 1.12 bits per heavy atom. The number of hydrogen-bond acceptors (Lipinski definition) is 24. The highest BCUT2D eigenvalue weighted by Gasteiger charge is 2.31. The van der Waals surface area contributed by atoms with Crippen LogP contribution in [0, 0.1) is 34.9 Å². The Labute approximate surface area is 775 Å². The van der Waals surface area contributed by atoms with Crippen LogP contribution in [0.2, 0.25) is 0 Å². The zero-order valence-corrected chi connectivity index (χ0v) is 75.8. The Hall–Kier alpha value is -15.9. The number of nitrogens with one attached hydrogen (secondary N) is 6. The van der Waals surface area contributed by atoms with Crippen LogP contribution >= 0.6 is 22.7 Å². The molecular formula is C93H85F6N21O14S2. The van der Waals surface area contributed by atoms with Gasteiger partial charge in [0.1, 0.15) is 50.0 Å². The van der Waals surface area contributed by atoms with Crippen LogP contribution in [0.1, 0.15) is 39.1 Å². The number of methoxy groups -OCH3 is 2. The second kappa shape index (κ2) is 42.8. The van der Waals surface area contributed by atoms with Crippen molar-refractivity contribution in [1.29, 1.82) is 0 Å². The molecule has 0 bridgehead atoms. The largest absolute Gasteiger partial charge is 0.480 e.